The quantitative estimate of drug-likeness (QED) is 0.155. The fraction of sp³-hybridized carbons (Fsp3) is 0.268. The van der Waals surface area contributed by atoms with Crippen molar-refractivity contribution in [2.24, 2.45) is 0 Å². The second kappa shape index (κ2) is 17.3. The molecule has 0 bridgehead atoms. The molecule has 5 heteroatoms. The van der Waals surface area contributed by atoms with E-state index in [0.29, 0.717) is 0 Å². The van der Waals surface area contributed by atoms with E-state index in [-0.39, 0.29) is 35.6 Å². The van der Waals surface area contributed by atoms with Gasteiger partial charge in [-0.05, 0) is 24.7 Å². The molecule has 5 aromatic carbocycles. The Bertz CT molecular complexity index is 1700. The third kappa shape index (κ3) is 10.5. The summed E-state index contributed by atoms with van der Waals surface area (Å²) in [5.41, 5.74) is 8.65. The molecule has 0 saturated carbocycles. The average molecular weight is 859 g/mol. The predicted octanol–water partition coefficient (Wildman–Crippen LogP) is 13.4. The summed E-state index contributed by atoms with van der Waals surface area (Å²) in [7, 11) is 0. The third-order valence-electron chi connectivity index (χ3n) is 7.86. The van der Waals surface area contributed by atoms with Crippen LogP contribution in [0.5, 0.6) is 0 Å². The van der Waals surface area contributed by atoms with E-state index >= 15 is 0 Å². The maximum absolute atomic E-state index is 3.45. The van der Waals surface area contributed by atoms with Gasteiger partial charge in [0.2, 0.25) is 0 Å². The number of fused-ring (bicyclic) bond motifs is 3. The molecule has 1 aliphatic carbocycles. The molecule has 0 amide bonds. The van der Waals surface area contributed by atoms with Crippen LogP contribution < -0.4 is 0 Å². The van der Waals surface area contributed by atoms with E-state index in [2.05, 4.69) is 178 Å². The maximum atomic E-state index is 3.45. The summed E-state index contributed by atoms with van der Waals surface area (Å²) < 4.78 is 3.62. The molecule has 240 valence electrons. The summed E-state index contributed by atoms with van der Waals surface area (Å²) in [5, 5.41) is 5.55. The van der Waals surface area contributed by atoms with Gasteiger partial charge in [0.1, 0.15) is 0 Å². The standard InChI is InChI=1S/C23H29.C13H8Br2.C5H5.2ClH.Zr/c1-14-9-16-11-17-10-15(2)21(23(6,7)8)13-19(17)18(16)12-20(14)22(3,4)5;14-12-5-1-10(2-6-12)9-11-3-7-13(15)8-4-11;1-2-4-5-3-1;;;/h9-13H,1-8H3;1-8H;1-3H,4H2;2*1H;/q-1;;-1;;;+2. The van der Waals surface area contributed by atoms with E-state index in [1.54, 1.807) is 0 Å². The van der Waals surface area contributed by atoms with Gasteiger partial charge >= 0.3 is 128 Å². The van der Waals surface area contributed by atoms with Crippen LogP contribution in [0, 0.1) is 19.9 Å². The predicted molar refractivity (Wildman–Crippen MR) is 211 cm³/mol. The number of halogens is 4. The van der Waals surface area contributed by atoms with Crippen LogP contribution in [0.1, 0.15) is 81.3 Å². The van der Waals surface area contributed by atoms with Gasteiger partial charge in [0, 0.05) is 0 Å². The summed E-state index contributed by atoms with van der Waals surface area (Å²) in [5.74, 6) is 0. The number of aryl methyl sites for hydroxylation is 2. The molecule has 0 aromatic heterocycles. The Morgan fingerprint density at radius 1 is 0.674 bits per heavy atom. The van der Waals surface area contributed by atoms with Crippen molar-refractivity contribution >= 4 is 81.4 Å². The molecule has 6 rings (SSSR count). The molecule has 0 fully saturated rings. The molecule has 0 saturated heterocycles. The average Bonchev–Trinajstić information content (AvgIpc) is 3.63. The summed E-state index contributed by atoms with van der Waals surface area (Å²) in [6.07, 6.45) is 10.0. The third-order valence-corrected chi connectivity index (χ3v) is 10.3. The maximum Gasteiger partial charge on any atom is -0.0142 e. The number of hydrogen-bond donors (Lipinski definition) is 0. The van der Waals surface area contributed by atoms with Gasteiger partial charge in [-0.25, -0.2) is 12.2 Å². The molecule has 0 heterocycles. The van der Waals surface area contributed by atoms with Crippen LogP contribution in [0.4, 0.5) is 0 Å². The molecule has 0 radical (unpaired) electrons. The van der Waals surface area contributed by atoms with Crippen molar-refractivity contribution in [2.45, 2.75) is 72.6 Å². The second-order valence-electron chi connectivity index (χ2n) is 13.5. The Hall–Kier alpha value is -1.48. The Morgan fingerprint density at radius 3 is 1.35 bits per heavy atom. The van der Waals surface area contributed by atoms with Crippen LogP contribution in [0.2, 0.25) is 0 Å². The molecule has 0 spiro atoms. The van der Waals surface area contributed by atoms with Crippen LogP contribution in [0.3, 0.4) is 0 Å². The smallest absolute Gasteiger partial charge is 0.0142 e. The summed E-state index contributed by atoms with van der Waals surface area (Å²) in [6, 6.07) is 28.8. The van der Waals surface area contributed by atoms with Crippen LogP contribution in [0.15, 0.2) is 106 Å². The summed E-state index contributed by atoms with van der Waals surface area (Å²) in [4.78, 5) is 0. The molecule has 0 unspecified atom stereocenters. The van der Waals surface area contributed by atoms with Crippen molar-refractivity contribution in [3.63, 3.8) is 0 Å². The van der Waals surface area contributed by atoms with Gasteiger partial charge in [0.25, 0.3) is 0 Å². The number of benzene rings is 4. The van der Waals surface area contributed by atoms with Crippen LogP contribution in [-0.4, -0.2) is 3.21 Å². The Labute approximate surface area is 320 Å². The Balaban J connectivity index is 0.000000278. The van der Waals surface area contributed by atoms with Crippen molar-refractivity contribution in [1.29, 1.82) is 0 Å². The number of allylic oxidation sites excluding steroid dienone is 4. The fourth-order valence-electron chi connectivity index (χ4n) is 5.69. The van der Waals surface area contributed by atoms with E-state index in [9.17, 15) is 0 Å². The second-order valence-corrected chi connectivity index (χ2v) is 16.6. The van der Waals surface area contributed by atoms with Gasteiger partial charge in [0.05, 0.1) is 0 Å². The minimum Gasteiger partial charge on any atom is -0.273 e. The fourth-order valence-corrected chi connectivity index (χ4v) is 7.04. The van der Waals surface area contributed by atoms with Crippen molar-refractivity contribution in [1.82, 2.24) is 0 Å². The van der Waals surface area contributed by atoms with E-state index < -0.39 is 0 Å². The SMILES string of the molecule is Brc1ccc([C](=[Zr+2])c2ccc(Br)cc2)cc1.Cc1cc2[cH-]c3cc(C)c(C(C)(C)C)cc3c2cc1C(C)(C)C.Cl.Cl.[C-]1=CC=CC1. The zero-order chi connectivity index (χ0) is 32.2. The van der Waals surface area contributed by atoms with Crippen LogP contribution >= 0.6 is 56.7 Å². The summed E-state index contributed by atoms with van der Waals surface area (Å²) in [6.45, 7) is 18.3. The van der Waals surface area contributed by atoms with E-state index in [4.69, 9.17) is 0 Å². The van der Waals surface area contributed by atoms with E-state index in [1.807, 2.05) is 12.2 Å². The van der Waals surface area contributed by atoms with Crippen molar-refractivity contribution in [3.05, 3.63) is 145 Å². The monoisotopic (exact) mass is 854 g/mol. The first kappa shape index (κ1) is 40.7. The normalized spacial score (nSPS) is 12.1. The van der Waals surface area contributed by atoms with Crippen molar-refractivity contribution < 1.29 is 24.2 Å². The molecule has 0 N–H and O–H groups in total. The van der Waals surface area contributed by atoms with Gasteiger partial charge in [-0.1, -0.05) is 75.9 Å². The topological polar surface area (TPSA) is 0 Å². The van der Waals surface area contributed by atoms with Crippen molar-refractivity contribution in [3.8, 4) is 0 Å². The molecule has 5 aromatic rings. The van der Waals surface area contributed by atoms with Crippen molar-refractivity contribution in [2.75, 3.05) is 0 Å². The van der Waals surface area contributed by atoms with Gasteiger partial charge in [-0.15, -0.1) is 71.0 Å². The minimum absolute atomic E-state index is 0. The zero-order valence-corrected chi connectivity index (χ0v) is 35.3. The molecule has 0 atom stereocenters. The molecular formula is C41H44Br2Cl2Zr. The molecule has 0 aliphatic heterocycles. The molecule has 46 heavy (non-hydrogen) atoms. The largest absolute Gasteiger partial charge is 0.273 e. The van der Waals surface area contributed by atoms with E-state index in [0.717, 1.165) is 15.4 Å². The zero-order valence-electron chi connectivity index (χ0n) is 28.0. The molecule has 1 aliphatic rings. The summed E-state index contributed by atoms with van der Waals surface area (Å²) >= 11 is 8.34. The molecule has 0 nitrogen and oxygen atoms in total. The first-order chi connectivity index (χ1) is 20.6. The van der Waals surface area contributed by atoms with Gasteiger partial charge < -0.3 is 0 Å². The van der Waals surface area contributed by atoms with Gasteiger partial charge in [-0.2, -0.15) is 6.08 Å². The minimum atomic E-state index is 0. The Kier molecular flexibility index (Phi) is 15.3. The van der Waals surface area contributed by atoms with Gasteiger partial charge in [-0.3, -0.25) is 6.08 Å². The molecular weight excluding hydrogens is 814 g/mol. The van der Waals surface area contributed by atoms with Gasteiger partial charge in [0.15, 0.2) is 0 Å². The Morgan fingerprint density at radius 2 is 1.07 bits per heavy atom. The first-order valence-corrected chi connectivity index (χ1v) is 17.9. The van der Waals surface area contributed by atoms with E-state index in [1.165, 1.54) is 82.4 Å². The van der Waals surface area contributed by atoms with Crippen LogP contribution in [0.25, 0.3) is 21.5 Å². The number of hydrogen-bond acceptors (Lipinski definition) is 0. The number of rotatable bonds is 2. The first-order valence-electron chi connectivity index (χ1n) is 15.1. The van der Waals surface area contributed by atoms with Crippen LogP contribution in [-0.2, 0) is 35.1 Å².